The number of nitro benzene ring substituents is 1. The van der Waals surface area contributed by atoms with Gasteiger partial charge in [0.1, 0.15) is 24.1 Å². The number of fused-ring (bicyclic) bond motifs is 1. The van der Waals surface area contributed by atoms with Crippen LogP contribution in [-0.2, 0) is 17.1 Å². The van der Waals surface area contributed by atoms with Crippen LogP contribution >= 0.6 is 0 Å². The summed E-state index contributed by atoms with van der Waals surface area (Å²) in [5, 5.41) is 14.8. The van der Waals surface area contributed by atoms with Crippen LogP contribution in [0.4, 0.5) is 17.1 Å². The summed E-state index contributed by atoms with van der Waals surface area (Å²) in [6.45, 7) is 2.02. The topological polar surface area (TPSA) is 147 Å². The van der Waals surface area contributed by atoms with Gasteiger partial charge >= 0.3 is 0 Å². The summed E-state index contributed by atoms with van der Waals surface area (Å²) in [7, 11) is -2.71. The summed E-state index contributed by atoms with van der Waals surface area (Å²) < 4.78 is 43.2. The number of benzene rings is 3. The standard InChI is InChI=1S/C26H25N5O7S/c1-17-25(26(32)30(29(17)2)18-8-4-3-5-9-18)28-39(35,36)20-12-13-21(22(14-20)31(33)34)27-15-19-16-37-23-10-6-7-11-24(23)38-19/h3-14,19,27-28H,15-16H2,1-2H3/t19-/m0/s1. The highest BCUT2D eigenvalue weighted by atomic mass is 32.2. The van der Waals surface area contributed by atoms with Crippen molar-refractivity contribution in [2.45, 2.75) is 17.9 Å². The Bertz CT molecular complexity index is 1710. The van der Waals surface area contributed by atoms with Crippen LogP contribution in [0.2, 0.25) is 0 Å². The molecule has 1 aliphatic heterocycles. The van der Waals surface area contributed by atoms with E-state index in [1.165, 1.54) is 21.5 Å². The fraction of sp³-hybridized carbons (Fsp3) is 0.192. The van der Waals surface area contributed by atoms with Crippen molar-refractivity contribution in [3.63, 3.8) is 0 Å². The molecule has 1 aliphatic rings. The molecule has 0 amide bonds. The van der Waals surface area contributed by atoms with Gasteiger partial charge in [0.2, 0.25) is 0 Å². The van der Waals surface area contributed by atoms with Crippen molar-refractivity contribution in [1.29, 1.82) is 0 Å². The van der Waals surface area contributed by atoms with Crippen LogP contribution in [0.25, 0.3) is 5.69 Å². The number of rotatable bonds is 8. The van der Waals surface area contributed by atoms with Crippen molar-refractivity contribution in [2.24, 2.45) is 7.05 Å². The number of para-hydroxylation sites is 3. The lowest BCUT2D eigenvalue weighted by molar-refractivity contribution is -0.384. The molecule has 5 rings (SSSR count). The van der Waals surface area contributed by atoms with Gasteiger partial charge in [-0.3, -0.25) is 24.3 Å². The van der Waals surface area contributed by atoms with E-state index in [1.807, 2.05) is 12.1 Å². The lowest BCUT2D eigenvalue weighted by Gasteiger charge is -2.26. The maximum atomic E-state index is 13.2. The normalized spacial score (nSPS) is 14.6. The minimum absolute atomic E-state index is 0.115. The second kappa shape index (κ2) is 10.2. The Morgan fingerprint density at radius 3 is 2.46 bits per heavy atom. The van der Waals surface area contributed by atoms with Crippen LogP contribution in [0.1, 0.15) is 5.69 Å². The SMILES string of the molecule is Cc1c(NS(=O)(=O)c2ccc(NC[C@H]3COc4ccccc4O3)c([N+](=O)[O-])c2)c(=O)n(-c2ccccc2)n1C. The lowest BCUT2D eigenvalue weighted by atomic mass is 10.2. The Kier molecular flexibility index (Phi) is 6.74. The molecular formula is C26H25N5O7S. The van der Waals surface area contributed by atoms with Gasteiger partial charge in [0.05, 0.1) is 27.7 Å². The van der Waals surface area contributed by atoms with Gasteiger partial charge in [0.15, 0.2) is 11.5 Å². The smallest absolute Gasteiger partial charge is 0.296 e. The molecule has 1 aromatic heterocycles. The Hall–Kier alpha value is -4.78. The van der Waals surface area contributed by atoms with Gasteiger partial charge in [0.25, 0.3) is 21.3 Å². The van der Waals surface area contributed by atoms with Gasteiger partial charge in [-0.25, -0.2) is 13.1 Å². The van der Waals surface area contributed by atoms with Crippen LogP contribution < -0.4 is 25.1 Å². The summed E-state index contributed by atoms with van der Waals surface area (Å²) in [5.41, 5.74) is -0.128. The first-order chi connectivity index (χ1) is 18.7. The monoisotopic (exact) mass is 551 g/mol. The van der Waals surface area contributed by atoms with Crippen molar-refractivity contribution in [1.82, 2.24) is 9.36 Å². The van der Waals surface area contributed by atoms with Gasteiger partial charge in [-0.05, 0) is 43.3 Å². The summed E-state index contributed by atoms with van der Waals surface area (Å²) in [5.74, 6) is 1.19. The third-order valence-electron chi connectivity index (χ3n) is 6.35. The zero-order chi connectivity index (χ0) is 27.7. The second-order valence-corrected chi connectivity index (χ2v) is 10.5. The molecule has 12 nitrogen and oxygen atoms in total. The largest absolute Gasteiger partial charge is 0.486 e. The van der Waals surface area contributed by atoms with Gasteiger partial charge < -0.3 is 14.8 Å². The summed E-state index contributed by atoms with van der Waals surface area (Å²) in [6, 6.07) is 19.4. The molecule has 1 atom stereocenters. The highest BCUT2D eigenvalue weighted by Crippen LogP contribution is 2.32. The van der Waals surface area contributed by atoms with Gasteiger partial charge in [-0.1, -0.05) is 30.3 Å². The second-order valence-electron chi connectivity index (χ2n) is 8.86. The quantitative estimate of drug-likeness (QED) is 0.250. The number of nitrogens with zero attached hydrogens (tertiary/aromatic N) is 3. The van der Waals surface area contributed by atoms with E-state index in [-0.39, 0.29) is 29.4 Å². The molecular weight excluding hydrogens is 526 g/mol. The van der Waals surface area contributed by atoms with Gasteiger partial charge in [0, 0.05) is 13.1 Å². The lowest BCUT2D eigenvalue weighted by Crippen LogP contribution is -2.35. The fourth-order valence-electron chi connectivity index (χ4n) is 4.25. The molecule has 0 fully saturated rings. The molecule has 0 saturated carbocycles. The number of aromatic nitrogens is 2. The van der Waals surface area contributed by atoms with E-state index in [2.05, 4.69) is 10.0 Å². The Balaban J connectivity index is 1.38. The van der Waals surface area contributed by atoms with Crippen LogP contribution in [0.15, 0.2) is 82.5 Å². The molecule has 3 aromatic carbocycles. The Labute approximate surface area is 223 Å². The molecule has 13 heteroatoms. The van der Waals surface area contributed by atoms with Crippen molar-refractivity contribution in [2.75, 3.05) is 23.2 Å². The van der Waals surface area contributed by atoms with Crippen molar-refractivity contribution >= 4 is 27.1 Å². The Morgan fingerprint density at radius 2 is 1.74 bits per heavy atom. The van der Waals surface area contributed by atoms with E-state index in [4.69, 9.17) is 9.47 Å². The third-order valence-corrected chi connectivity index (χ3v) is 7.70. The minimum atomic E-state index is -4.34. The summed E-state index contributed by atoms with van der Waals surface area (Å²) in [6.07, 6.45) is -0.419. The molecule has 0 unspecified atom stereocenters. The molecule has 2 N–H and O–H groups in total. The maximum absolute atomic E-state index is 13.2. The number of anilines is 2. The van der Waals surface area contributed by atoms with Crippen molar-refractivity contribution in [3.05, 3.63) is 99.0 Å². The first-order valence-corrected chi connectivity index (χ1v) is 13.4. The zero-order valence-corrected chi connectivity index (χ0v) is 21.8. The first kappa shape index (κ1) is 25.9. The van der Waals surface area contributed by atoms with E-state index in [1.54, 1.807) is 56.4 Å². The van der Waals surface area contributed by atoms with E-state index in [0.29, 0.717) is 22.9 Å². The first-order valence-electron chi connectivity index (χ1n) is 11.9. The number of nitrogens with one attached hydrogen (secondary N) is 2. The third kappa shape index (κ3) is 5.03. The average molecular weight is 552 g/mol. The van der Waals surface area contributed by atoms with E-state index < -0.39 is 32.3 Å². The molecule has 0 aliphatic carbocycles. The molecule has 0 radical (unpaired) electrons. The van der Waals surface area contributed by atoms with Gasteiger partial charge in [-0.2, -0.15) is 0 Å². The Morgan fingerprint density at radius 1 is 1.05 bits per heavy atom. The van der Waals surface area contributed by atoms with E-state index >= 15 is 0 Å². The number of hydrogen-bond acceptors (Lipinski definition) is 8. The van der Waals surface area contributed by atoms with Crippen LogP contribution in [0, 0.1) is 17.0 Å². The minimum Gasteiger partial charge on any atom is -0.486 e. The van der Waals surface area contributed by atoms with Crippen molar-refractivity contribution < 1.29 is 22.8 Å². The number of hydrogen-bond donors (Lipinski definition) is 2. The maximum Gasteiger partial charge on any atom is 0.296 e. The highest BCUT2D eigenvalue weighted by Gasteiger charge is 2.27. The predicted molar refractivity (Wildman–Crippen MR) is 144 cm³/mol. The summed E-state index contributed by atoms with van der Waals surface area (Å²) >= 11 is 0. The highest BCUT2D eigenvalue weighted by molar-refractivity contribution is 7.92. The number of sulfonamides is 1. The average Bonchev–Trinajstić information content (AvgIpc) is 3.14. The van der Waals surface area contributed by atoms with Crippen molar-refractivity contribution in [3.8, 4) is 17.2 Å². The molecule has 0 saturated heterocycles. The zero-order valence-electron chi connectivity index (χ0n) is 21.0. The molecule has 0 spiro atoms. The fourth-order valence-corrected chi connectivity index (χ4v) is 5.38. The van der Waals surface area contributed by atoms with Crippen LogP contribution in [-0.4, -0.2) is 42.0 Å². The van der Waals surface area contributed by atoms with Crippen LogP contribution in [0.5, 0.6) is 11.5 Å². The molecule has 0 bridgehead atoms. The van der Waals surface area contributed by atoms with E-state index in [0.717, 1.165) is 6.07 Å². The van der Waals surface area contributed by atoms with Gasteiger partial charge in [-0.15, -0.1) is 0 Å². The van der Waals surface area contributed by atoms with Crippen LogP contribution in [0.3, 0.4) is 0 Å². The molecule has 4 aromatic rings. The number of ether oxygens (including phenoxy) is 2. The number of nitro groups is 1. The van der Waals surface area contributed by atoms with E-state index in [9.17, 15) is 23.3 Å². The summed E-state index contributed by atoms with van der Waals surface area (Å²) in [4.78, 5) is 23.9. The predicted octanol–water partition coefficient (Wildman–Crippen LogP) is 3.45. The molecule has 39 heavy (non-hydrogen) atoms. The molecule has 2 heterocycles. The molecule has 202 valence electrons.